The van der Waals surface area contributed by atoms with Crippen LogP contribution in [0.4, 0.5) is 4.39 Å². The summed E-state index contributed by atoms with van der Waals surface area (Å²) in [5.41, 5.74) is 0.379. The van der Waals surface area contributed by atoms with Gasteiger partial charge >= 0.3 is 0 Å². The van der Waals surface area contributed by atoms with E-state index in [1.54, 1.807) is 17.0 Å². The van der Waals surface area contributed by atoms with E-state index in [9.17, 15) is 9.18 Å². The standard InChI is InChI=1S/C15H22BrFN2O/c1-11(2)10-19(9-8-18(3)4)15(20)12-6-5-7-13(17)14(12)16/h5-7,11H,8-10H2,1-4H3. The number of carbonyl (C=O) groups excluding carboxylic acids is 1. The molecule has 0 unspecified atom stereocenters. The molecule has 0 saturated carbocycles. The Balaban J connectivity index is 2.94. The van der Waals surface area contributed by atoms with Gasteiger partial charge in [-0.1, -0.05) is 19.9 Å². The Morgan fingerprint density at radius 1 is 1.30 bits per heavy atom. The molecule has 1 rings (SSSR count). The number of hydrogen-bond acceptors (Lipinski definition) is 2. The first-order valence-corrected chi connectivity index (χ1v) is 7.50. The van der Waals surface area contributed by atoms with Gasteiger partial charge in [0.25, 0.3) is 5.91 Å². The average molecular weight is 345 g/mol. The van der Waals surface area contributed by atoms with Gasteiger partial charge in [-0.3, -0.25) is 4.79 Å². The molecular formula is C15H22BrFN2O. The van der Waals surface area contributed by atoms with Crippen molar-refractivity contribution in [3.8, 4) is 0 Å². The summed E-state index contributed by atoms with van der Waals surface area (Å²) >= 11 is 3.16. The van der Waals surface area contributed by atoms with Crippen LogP contribution in [0, 0.1) is 11.7 Å². The van der Waals surface area contributed by atoms with E-state index < -0.39 is 5.82 Å². The maximum absolute atomic E-state index is 13.6. The van der Waals surface area contributed by atoms with Crippen LogP contribution in [0.3, 0.4) is 0 Å². The van der Waals surface area contributed by atoms with E-state index in [0.717, 1.165) is 6.54 Å². The molecule has 0 radical (unpaired) electrons. The number of carbonyl (C=O) groups is 1. The molecule has 20 heavy (non-hydrogen) atoms. The fraction of sp³-hybridized carbons (Fsp3) is 0.533. The van der Waals surface area contributed by atoms with Crippen molar-refractivity contribution in [1.82, 2.24) is 9.80 Å². The Morgan fingerprint density at radius 3 is 2.50 bits per heavy atom. The van der Waals surface area contributed by atoms with E-state index in [1.165, 1.54) is 6.07 Å². The highest BCUT2D eigenvalue weighted by Gasteiger charge is 2.20. The molecule has 0 aliphatic heterocycles. The highest BCUT2D eigenvalue weighted by atomic mass is 79.9. The first kappa shape index (κ1) is 17.1. The van der Waals surface area contributed by atoms with E-state index in [1.807, 2.05) is 19.0 Å². The van der Waals surface area contributed by atoms with Gasteiger partial charge in [0.2, 0.25) is 0 Å². The van der Waals surface area contributed by atoms with Gasteiger partial charge in [-0.05, 0) is 48.1 Å². The highest BCUT2D eigenvalue weighted by molar-refractivity contribution is 9.10. The van der Waals surface area contributed by atoms with Crippen LogP contribution in [0.25, 0.3) is 0 Å². The predicted molar refractivity (Wildman–Crippen MR) is 83.4 cm³/mol. The molecule has 112 valence electrons. The number of nitrogens with zero attached hydrogens (tertiary/aromatic N) is 2. The molecule has 0 atom stereocenters. The van der Waals surface area contributed by atoms with Gasteiger partial charge in [-0.15, -0.1) is 0 Å². The zero-order valence-corrected chi connectivity index (χ0v) is 14.1. The van der Waals surface area contributed by atoms with Crippen molar-refractivity contribution in [2.24, 2.45) is 5.92 Å². The second-order valence-electron chi connectivity index (χ2n) is 5.55. The molecule has 0 spiro atoms. The summed E-state index contributed by atoms with van der Waals surface area (Å²) in [4.78, 5) is 16.4. The molecule has 0 aliphatic rings. The van der Waals surface area contributed by atoms with Crippen LogP contribution in [0.5, 0.6) is 0 Å². The molecule has 0 fully saturated rings. The first-order valence-electron chi connectivity index (χ1n) is 6.71. The number of halogens is 2. The normalized spacial score (nSPS) is 11.2. The minimum Gasteiger partial charge on any atom is -0.337 e. The number of hydrogen-bond donors (Lipinski definition) is 0. The molecular weight excluding hydrogens is 323 g/mol. The summed E-state index contributed by atoms with van der Waals surface area (Å²) in [7, 11) is 3.94. The van der Waals surface area contributed by atoms with Gasteiger partial charge in [0.15, 0.2) is 0 Å². The van der Waals surface area contributed by atoms with Crippen molar-refractivity contribution >= 4 is 21.8 Å². The minimum atomic E-state index is -0.409. The lowest BCUT2D eigenvalue weighted by atomic mass is 10.1. The molecule has 3 nitrogen and oxygen atoms in total. The molecule has 0 aliphatic carbocycles. The van der Waals surface area contributed by atoms with Crippen LogP contribution >= 0.6 is 15.9 Å². The van der Waals surface area contributed by atoms with Gasteiger partial charge in [0, 0.05) is 19.6 Å². The Hall–Kier alpha value is -0.940. The lowest BCUT2D eigenvalue weighted by Gasteiger charge is -2.26. The average Bonchev–Trinajstić information content (AvgIpc) is 2.36. The Kier molecular flexibility index (Phi) is 6.62. The van der Waals surface area contributed by atoms with Crippen molar-refractivity contribution in [2.45, 2.75) is 13.8 Å². The molecule has 0 heterocycles. The third-order valence-corrected chi connectivity index (χ3v) is 3.68. The zero-order valence-electron chi connectivity index (χ0n) is 12.5. The molecule has 0 aromatic heterocycles. The van der Waals surface area contributed by atoms with Gasteiger partial charge in [-0.25, -0.2) is 4.39 Å². The SMILES string of the molecule is CC(C)CN(CCN(C)C)C(=O)c1cccc(F)c1Br. The van der Waals surface area contributed by atoms with E-state index in [2.05, 4.69) is 29.8 Å². The minimum absolute atomic E-state index is 0.132. The summed E-state index contributed by atoms with van der Waals surface area (Å²) in [6.07, 6.45) is 0. The van der Waals surface area contributed by atoms with Crippen LogP contribution < -0.4 is 0 Å². The molecule has 0 bridgehead atoms. The first-order chi connectivity index (χ1) is 9.32. The highest BCUT2D eigenvalue weighted by Crippen LogP contribution is 2.22. The monoisotopic (exact) mass is 344 g/mol. The van der Waals surface area contributed by atoms with Gasteiger partial charge in [-0.2, -0.15) is 0 Å². The third-order valence-electron chi connectivity index (χ3n) is 2.87. The van der Waals surface area contributed by atoms with E-state index in [-0.39, 0.29) is 10.4 Å². The second-order valence-corrected chi connectivity index (χ2v) is 6.34. The quantitative estimate of drug-likeness (QED) is 0.790. The summed E-state index contributed by atoms with van der Waals surface area (Å²) in [6.45, 7) is 6.21. The Labute approximate surface area is 128 Å². The smallest absolute Gasteiger partial charge is 0.255 e. The molecule has 1 amide bonds. The van der Waals surface area contributed by atoms with Crippen molar-refractivity contribution in [2.75, 3.05) is 33.7 Å². The number of likely N-dealkylation sites (N-methyl/N-ethyl adjacent to an activating group) is 1. The van der Waals surface area contributed by atoms with Crippen molar-refractivity contribution in [1.29, 1.82) is 0 Å². The topological polar surface area (TPSA) is 23.6 Å². The summed E-state index contributed by atoms with van der Waals surface area (Å²) in [6, 6.07) is 4.55. The van der Waals surface area contributed by atoms with Crippen LogP contribution in [-0.2, 0) is 0 Å². The maximum atomic E-state index is 13.6. The van der Waals surface area contributed by atoms with Crippen LogP contribution in [0.1, 0.15) is 24.2 Å². The number of amides is 1. The third kappa shape index (κ3) is 4.87. The second kappa shape index (κ2) is 7.74. The molecule has 1 aromatic carbocycles. The maximum Gasteiger partial charge on any atom is 0.255 e. The lowest BCUT2D eigenvalue weighted by molar-refractivity contribution is 0.0723. The van der Waals surface area contributed by atoms with E-state index in [4.69, 9.17) is 0 Å². The lowest BCUT2D eigenvalue weighted by Crippen LogP contribution is -2.39. The van der Waals surface area contributed by atoms with Crippen LogP contribution in [-0.4, -0.2) is 49.4 Å². The largest absolute Gasteiger partial charge is 0.337 e. The van der Waals surface area contributed by atoms with Crippen molar-refractivity contribution in [3.05, 3.63) is 34.1 Å². The van der Waals surface area contributed by atoms with E-state index in [0.29, 0.717) is 24.6 Å². The number of benzene rings is 1. The zero-order chi connectivity index (χ0) is 15.3. The van der Waals surface area contributed by atoms with E-state index >= 15 is 0 Å². The molecule has 5 heteroatoms. The Morgan fingerprint density at radius 2 is 1.95 bits per heavy atom. The van der Waals surface area contributed by atoms with Gasteiger partial charge < -0.3 is 9.80 Å². The van der Waals surface area contributed by atoms with Gasteiger partial charge in [0.05, 0.1) is 10.0 Å². The predicted octanol–water partition coefficient (Wildman–Crippen LogP) is 3.25. The van der Waals surface area contributed by atoms with Crippen LogP contribution in [0.15, 0.2) is 22.7 Å². The van der Waals surface area contributed by atoms with Crippen molar-refractivity contribution in [3.63, 3.8) is 0 Å². The van der Waals surface area contributed by atoms with Crippen molar-refractivity contribution < 1.29 is 9.18 Å². The molecule has 0 N–H and O–H groups in total. The number of rotatable bonds is 6. The molecule has 1 aromatic rings. The summed E-state index contributed by atoms with van der Waals surface area (Å²) in [5, 5.41) is 0. The fourth-order valence-corrected chi connectivity index (χ4v) is 2.31. The summed E-state index contributed by atoms with van der Waals surface area (Å²) < 4.78 is 13.8. The van der Waals surface area contributed by atoms with Gasteiger partial charge in [0.1, 0.15) is 5.82 Å². The Bertz CT molecular complexity index is 463. The van der Waals surface area contributed by atoms with Crippen LogP contribution in [0.2, 0.25) is 0 Å². The molecule has 0 saturated heterocycles. The fourth-order valence-electron chi connectivity index (χ4n) is 1.88. The summed E-state index contributed by atoms with van der Waals surface area (Å²) in [5.74, 6) is -0.173.